The van der Waals surface area contributed by atoms with Gasteiger partial charge in [0, 0.05) is 29.3 Å². The lowest BCUT2D eigenvalue weighted by Crippen LogP contribution is -2.40. The molecular formula is C56H60N2O8S4. The molecule has 0 atom stereocenters. The predicted molar refractivity (Wildman–Crippen MR) is 285 cm³/mol. The van der Waals surface area contributed by atoms with Crippen LogP contribution in [0.25, 0.3) is 51.8 Å². The number of thiophene rings is 4. The molecule has 0 fully saturated rings. The van der Waals surface area contributed by atoms with Crippen LogP contribution in [0.2, 0.25) is 0 Å². The Morgan fingerprint density at radius 1 is 0.429 bits per heavy atom. The maximum absolute atomic E-state index is 15.0. The van der Waals surface area contributed by atoms with Crippen molar-refractivity contribution in [3.63, 3.8) is 0 Å². The van der Waals surface area contributed by atoms with Gasteiger partial charge in [-0.3, -0.25) is 9.59 Å². The van der Waals surface area contributed by atoms with Crippen LogP contribution in [0.3, 0.4) is 0 Å². The number of unbranched alkanes of at least 4 members (excludes halogenated alkanes) is 6. The molecule has 0 aliphatic carbocycles. The van der Waals surface area contributed by atoms with E-state index in [0.717, 1.165) is 87.4 Å². The van der Waals surface area contributed by atoms with Crippen molar-refractivity contribution in [2.45, 2.75) is 118 Å². The second-order valence-electron chi connectivity index (χ2n) is 19.2. The van der Waals surface area contributed by atoms with Crippen molar-refractivity contribution in [3.05, 3.63) is 118 Å². The Morgan fingerprint density at radius 3 is 1.07 bits per heavy atom. The number of benzene rings is 2. The molecule has 4 aromatic heterocycles. The van der Waals surface area contributed by atoms with Crippen LogP contribution in [0.4, 0.5) is 9.59 Å². The quantitative estimate of drug-likeness (QED) is 0.0783. The fraction of sp³-hybridized carbons (Fsp3) is 0.357. The molecule has 2 aromatic carbocycles. The zero-order chi connectivity index (χ0) is 49.7. The number of amides is 4. The van der Waals surface area contributed by atoms with E-state index in [1.54, 1.807) is 76.3 Å². The highest BCUT2D eigenvalue weighted by atomic mass is 32.1. The van der Waals surface area contributed by atoms with Crippen molar-refractivity contribution in [1.82, 2.24) is 9.80 Å². The van der Waals surface area contributed by atoms with E-state index in [1.165, 1.54) is 48.4 Å². The number of fused-ring (bicyclic) bond motifs is 1. The third-order valence-electron chi connectivity index (χ3n) is 11.3. The minimum atomic E-state index is -0.965. The molecule has 0 saturated heterocycles. The lowest BCUT2D eigenvalue weighted by Gasteiger charge is -2.27. The van der Waals surface area contributed by atoms with Gasteiger partial charge in [-0.1, -0.05) is 52.4 Å². The van der Waals surface area contributed by atoms with E-state index in [0.29, 0.717) is 23.0 Å². The monoisotopic (exact) mass is 1020 g/mol. The first-order chi connectivity index (χ1) is 33.5. The molecule has 0 unspecified atom stereocenters. The van der Waals surface area contributed by atoms with E-state index < -0.39 is 35.2 Å². The number of nitrogens with zero attached hydrogens (tertiary/aromatic N) is 2. The van der Waals surface area contributed by atoms with E-state index in [4.69, 9.17) is 18.9 Å². The van der Waals surface area contributed by atoms with Gasteiger partial charge in [-0.25, -0.2) is 19.4 Å². The van der Waals surface area contributed by atoms with Crippen LogP contribution in [0, 0.1) is 0 Å². The lowest BCUT2D eigenvalue weighted by molar-refractivity contribution is -0.123. The van der Waals surface area contributed by atoms with Crippen LogP contribution < -0.4 is 9.47 Å². The molecule has 2 aliphatic rings. The highest BCUT2D eigenvalue weighted by Gasteiger charge is 2.54. The number of carbonyl (C=O) groups is 4. The third-order valence-corrected chi connectivity index (χ3v) is 16.2. The summed E-state index contributed by atoms with van der Waals surface area (Å²) in [7, 11) is 0. The Kier molecular flexibility index (Phi) is 15.7. The van der Waals surface area contributed by atoms with Gasteiger partial charge < -0.3 is 18.9 Å². The summed E-state index contributed by atoms with van der Waals surface area (Å²) in [6.07, 6.45) is 7.31. The molecule has 0 spiro atoms. The fourth-order valence-electron chi connectivity index (χ4n) is 8.05. The molecule has 366 valence electrons. The Labute approximate surface area is 427 Å². The van der Waals surface area contributed by atoms with Gasteiger partial charge in [0.2, 0.25) is 0 Å². The number of imide groups is 2. The minimum Gasteiger partial charge on any atom is -0.494 e. The van der Waals surface area contributed by atoms with E-state index in [1.807, 2.05) is 48.5 Å². The molecule has 0 radical (unpaired) electrons. The number of rotatable bonds is 18. The first kappa shape index (κ1) is 50.6. The summed E-state index contributed by atoms with van der Waals surface area (Å²) in [6.45, 7) is 16.1. The molecule has 6 aromatic rings. The van der Waals surface area contributed by atoms with Crippen molar-refractivity contribution in [2.75, 3.05) is 13.2 Å². The van der Waals surface area contributed by atoms with Gasteiger partial charge in [-0.15, -0.1) is 45.3 Å². The molecule has 70 heavy (non-hydrogen) atoms. The molecular weight excluding hydrogens is 957 g/mol. The first-order valence-electron chi connectivity index (χ1n) is 24.0. The number of ether oxygens (including phenoxy) is 4. The molecule has 6 heterocycles. The lowest BCUT2D eigenvalue weighted by atomic mass is 10.1. The van der Waals surface area contributed by atoms with Crippen molar-refractivity contribution < 1.29 is 38.1 Å². The molecule has 0 saturated carbocycles. The van der Waals surface area contributed by atoms with Crippen LogP contribution in [0.15, 0.2) is 108 Å². The number of hydrogen-bond donors (Lipinski definition) is 0. The van der Waals surface area contributed by atoms with Crippen LogP contribution in [-0.4, -0.2) is 58.2 Å². The molecule has 2 aliphatic heterocycles. The van der Waals surface area contributed by atoms with E-state index in [-0.39, 0.29) is 22.5 Å². The Morgan fingerprint density at radius 2 is 0.743 bits per heavy atom. The van der Waals surface area contributed by atoms with Crippen LogP contribution in [0.1, 0.15) is 117 Å². The molecule has 0 N–H and O–H groups in total. The SMILES string of the molecule is CCCCCCOc1ccc(-c2ccc(-c3ccc(C4=C5C(=O)N(C(=O)OC(C)(C)C)C(c6ccc(-c7ccc(-c8ccc(OCCCCCC)cc8)s7)s6)=C5C(=O)N4C(=O)OC(C)(C)C)s3)s2)cc1. The third kappa shape index (κ3) is 11.5. The molecule has 10 nitrogen and oxygen atoms in total. The summed E-state index contributed by atoms with van der Waals surface area (Å²) >= 11 is 5.91. The average molecular weight is 1020 g/mol. The summed E-state index contributed by atoms with van der Waals surface area (Å²) in [5, 5.41) is 0. The van der Waals surface area contributed by atoms with Crippen molar-refractivity contribution >= 4 is 80.7 Å². The van der Waals surface area contributed by atoms with Crippen molar-refractivity contribution in [2.24, 2.45) is 0 Å². The number of carbonyl (C=O) groups excluding carboxylic acids is 4. The zero-order valence-electron chi connectivity index (χ0n) is 41.1. The van der Waals surface area contributed by atoms with E-state index >= 15 is 0 Å². The highest BCUT2D eigenvalue weighted by Crippen LogP contribution is 2.51. The van der Waals surface area contributed by atoms with Gasteiger partial charge in [-0.2, -0.15) is 0 Å². The molecule has 14 heteroatoms. The van der Waals surface area contributed by atoms with Crippen molar-refractivity contribution in [1.29, 1.82) is 0 Å². The van der Waals surface area contributed by atoms with Crippen molar-refractivity contribution in [3.8, 4) is 51.9 Å². The molecule has 4 amide bonds. The second-order valence-corrected chi connectivity index (χ2v) is 23.5. The fourth-order valence-corrected chi connectivity index (χ4v) is 12.3. The smallest absolute Gasteiger partial charge is 0.422 e. The second kappa shape index (κ2) is 21.7. The Bertz CT molecular complexity index is 2720. The average Bonchev–Trinajstić information content (AvgIpc) is 4.18. The maximum atomic E-state index is 15.0. The van der Waals surface area contributed by atoms with Gasteiger partial charge in [0.05, 0.1) is 45.5 Å². The van der Waals surface area contributed by atoms with Crippen LogP contribution >= 0.6 is 45.3 Å². The number of hydrogen-bond acceptors (Lipinski definition) is 12. The topological polar surface area (TPSA) is 112 Å². The largest absolute Gasteiger partial charge is 0.494 e. The predicted octanol–water partition coefficient (Wildman–Crippen LogP) is 16.2. The summed E-state index contributed by atoms with van der Waals surface area (Å²) in [5.41, 5.74) is 0.173. The maximum Gasteiger partial charge on any atom is 0.422 e. The minimum absolute atomic E-state index is 0.0635. The van der Waals surface area contributed by atoms with Crippen LogP contribution in [0.5, 0.6) is 11.5 Å². The van der Waals surface area contributed by atoms with E-state index in [2.05, 4.69) is 50.2 Å². The van der Waals surface area contributed by atoms with Gasteiger partial charge in [0.15, 0.2) is 0 Å². The van der Waals surface area contributed by atoms with Gasteiger partial charge >= 0.3 is 12.2 Å². The normalized spacial score (nSPS) is 14.0. The summed E-state index contributed by atoms with van der Waals surface area (Å²) < 4.78 is 23.6. The Balaban J connectivity index is 1.13. The van der Waals surface area contributed by atoms with Crippen LogP contribution in [-0.2, 0) is 19.1 Å². The Hall–Kier alpha value is -5.80. The summed E-state index contributed by atoms with van der Waals surface area (Å²) in [6, 6.07) is 31.9. The highest BCUT2D eigenvalue weighted by molar-refractivity contribution is 7.25. The first-order valence-corrected chi connectivity index (χ1v) is 27.3. The molecule has 0 bridgehead atoms. The molecule has 8 rings (SSSR count). The standard InChI is InChI=1S/C56H60N2O8S4/c1-9-11-13-15-33-63-37-21-17-35(18-22-37)39-25-27-41(67-39)43-29-31-45(69-43)49-47-48(52(60)57(49)53(61)65-55(3,4)5)50(58(51(47)59)54(62)66-56(6,7)8)46-32-30-44(70-46)42-28-26-40(68-42)36-19-23-38(24-20-36)64-34-16-14-12-10-2/h17-32H,9-16,33-34H2,1-8H3. The van der Waals surface area contributed by atoms with Gasteiger partial charge in [0.25, 0.3) is 11.8 Å². The zero-order valence-corrected chi connectivity index (χ0v) is 44.4. The summed E-state index contributed by atoms with van der Waals surface area (Å²) in [4.78, 5) is 67.1. The van der Waals surface area contributed by atoms with Gasteiger partial charge in [0.1, 0.15) is 22.7 Å². The van der Waals surface area contributed by atoms with E-state index in [9.17, 15) is 19.2 Å². The summed E-state index contributed by atoms with van der Waals surface area (Å²) in [5.74, 6) is 0.145. The van der Waals surface area contributed by atoms with Gasteiger partial charge in [-0.05, 0) is 163 Å².